The minimum absolute atomic E-state index is 0.357. The first-order valence-electron chi connectivity index (χ1n) is 6.26. The largest absolute Gasteiger partial charge is 0.468 e. The van der Waals surface area contributed by atoms with Crippen LogP contribution >= 0.6 is 0 Å². The zero-order valence-electron chi connectivity index (χ0n) is 10.8. The molecule has 18 heavy (non-hydrogen) atoms. The molecule has 0 unspecified atom stereocenters. The zero-order chi connectivity index (χ0) is 13.2. The summed E-state index contributed by atoms with van der Waals surface area (Å²) >= 11 is 0. The van der Waals surface area contributed by atoms with Gasteiger partial charge in [0.15, 0.2) is 0 Å². The number of methoxy groups -OCH3 is 1. The van der Waals surface area contributed by atoms with Crippen LogP contribution in [0, 0.1) is 0 Å². The number of allylic oxidation sites excluding steroid dienone is 1. The van der Waals surface area contributed by atoms with Crippen molar-refractivity contribution in [1.82, 2.24) is 0 Å². The predicted octanol–water partition coefficient (Wildman–Crippen LogP) is 2.46. The Balaban J connectivity index is 2.13. The van der Waals surface area contributed by atoms with Crippen molar-refractivity contribution in [1.29, 1.82) is 0 Å². The average Bonchev–Trinajstić information content (AvgIpc) is 2.42. The number of aryl methyl sites for hydroxylation is 1. The van der Waals surface area contributed by atoms with Crippen molar-refractivity contribution < 1.29 is 9.53 Å². The zero-order valence-corrected chi connectivity index (χ0v) is 10.8. The first-order valence-corrected chi connectivity index (χ1v) is 6.26. The van der Waals surface area contributed by atoms with Crippen LogP contribution in [-0.2, 0) is 16.0 Å². The Morgan fingerprint density at radius 3 is 2.72 bits per heavy atom. The predicted molar refractivity (Wildman–Crippen MR) is 73.1 cm³/mol. The van der Waals surface area contributed by atoms with Crippen LogP contribution in [0.4, 0.5) is 0 Å². The number of esters is 1. The molecule has 0 fully saturated rings. The molecule has 0 amide bonds. The SMILES string of the molecule is COC(=O)[C@@H](N)C/C=C/CCCc1ccccc1. The van der Waals surface area contributed by atoms with E-state index in [9.17, 15) is 4.79 Å². The van der Waals surface area contributed by atoms with Crippen molar-refractivity contribution in [3.63, 3.8) is 0 Å². The quantitative estimate of drug-likeness (QED) is 0.457. The smallest absolute Gasteiger partial charge is 0.322 e. The normalized spacial score (nSPS) is 12.6. The molecule has 2 N–H and O–H groups in total. The lowest BCUT2D eigenvalue weighted by Gasteiger charge is -2.05. The van der Waals surface area contributed by atoms with Crippen molar-refractivity contribution in [2.24, 2.45) is 5.73 Å². The van der Waals surface area contributed by atoms with E-state index >= 15 is 0 Å². The summed E-state index contributed by atoms with van der Waals surface area (Å²) in [6.07, 6.45) is 7.75. The molecule has 98 valence electrons. The Kier molecular flexibility index (Phi) is 6.81. The highest BCUT2D eigenvalue weighted by Crippen LogP contribution is 2.05. The Bertz CT molecular complexity index is 373. The summed E-state index contributed by atoms with van der Waals surface area (Å²) in [5.41, 5.74) is 6.97. The van der Waals surface area contributed by atoms with Gasteiger partial charge >= 0.3 is 5.97 Å². The molecule has 1 atom stereocenters. The highest BCUT2D eigenvalue weighted by molar-refractivity contribution is 5.75. The van der Waals surface area contributed by atoms with Crippen LogP contribution in [0.15, 0.2) is 42.5 Å². The number of carbonyl (C=O) groups excluding carboxylic acids is 1. The summed E-state index contributed by atoms with van der Waals surface area (Å²) in [5, 5.41) is 0. The lowest BCUT2D eigenvalue weighted by molar-refractivity contribution is -0.142. The van der Waals surface area contributed by atoms with Gasteiger partial charge in [0.2, 0.25) is 0 Å². The van der Waals surface area contributed by atoms with E-state index in [1.165, 1.54) is 12.7 Å². The molecule has 0 aliphatic carbocycles. The van der Waals surface area contributed by atoms with Crippen molar-refractivity contribution in [3.8, 4) is 0 Å². The molecule has 0 radical (unpaired) electrons. The molecule has 1 aromatic rings. The molecule has 1 aromatic carbocycles. The van der Waals surface area contributed by atoms with Gasteiger partial charge in [-0.3, -0.25) is 4.79 Å². The van der Waals surface area contributed by atoms with Gasteiger partial charge in [-0.2, -0.15) is 0 Å². The monoisotopic (exact) mass is 247 g/mol. The number of nitrogens with two attached hydrogens (primary N) is 1. The Morgan fingerprint density at radius 2 is 2.06 bits per heavy atom. The molecule has 0 aliphatic rings. The summed E-state index contributed by atoms with van der Waals surface area (Å²) in [6.45, 7) is 0. The van der Waals surface area contributed by atoms with Crippen molar-refractivity contribution >= 4 is 5.97 Å². The van der Waals surface area contributed by atoms with E-state index in [4.69, 9.17) is 5.73 Å². The number of benzene rings is 1. The van der Waals surface area contributed by atoms with Crippen LogP contribution in [0.5, 0.6) is 0 Å². The highest BCUT2D eigenvalue weighted by atomic mass is 16.5. The van der Waals surface area contributed by atoms with Crippen molar-refractivity contribution in [2.75, 3.05) is 7.11 Å². The van der Waals surface area contributed by atoms with E-state index < -0.39 is 6.04 Å². The van der Waals surface area contributed by atoms with Gasteiger partial charge in [0.1, 0.15) is 6.04 Å². The van der Waals surface area contributed by atoms with Crippen molar-refractivity contribution in [3.05, 3.63) is 48.0 Å². The summed E-state index contributed by atoms with van der Waals surface area (Å²) in [6, 6.07) is 9.87. The third-order valence-corrected chi connectivity index (χ3v) is 2.74. The topological polar surface area (TPSA) is 52.3 Å². The van der Waals surface area contributed by atoms with Gasteiger partial charge in [0.05, 0.1) is 7.11 Å². The minimum Gasteiger partial charge on any atom is -0.468 e. The molecule has 1 rings (SSSR count). The summed E-state index contributed by atoms with van der Waals surface area (Å²) in [4.78, 5) is 11.0. The first-order chi connectivity index (χ1) is 8.74. The summed E-state index contributed by atoms with van der Waals surface area (Å²) in [7, 11) is 1.35. The number of carbonyl (C=O) groups is 1. The fourth-order valence-corrected chi connectivity index (χ4v) is 1.68. The second-order valence-corrected chi connectivity index (χ2v) is 4.21. The van der Waals surface area contributed by atoms with Crippen LogP contribution in [0.2, 0.25) is 0 Å². The number of hydrogen-bond acceptors (Lipinski definition) is 3. The molecule has 0 bridgehead atoms. The lowest BCUT2D eigenvalue weighted by Crippen LogP contribution is -2.30. The van der Waals surface area contributed by atoms with Crippen LogP contribution in [0.25, 0.3) is 0 Å². The Hall–Kier alpha value is -1.61. The van der Waals surface area contributed by atoms with Gasteiger partial charge in [0, 0.05) is 0 Å². The molecule has 0 heterocycles. The van der Waals surface area contributed by atoms with Crippen LogP contribution in [0.3, 0.4) is 0 Å². The standard InChI is InChI=1S/C15H21NO2/c1-18-15(17)14(16)12-8-3-2-5-9-13-10-6-4-7-11-13/h3-4,6-8,10-11,14H,2,5,9,12,16H2,1H3/b8-3+/t14-/m0/s1. The van der Waals surface area contributed by atoms with Crippen LogP contribution in [-0.4, -0.2) is 19.1 Å². The second-order valence-electron chi connectivity index (χ2n) is 4.21. The van der Waals surface area contributed by atoms with E-state index in [2.05, 4.69) is 35.1 Å². The maximum atomic E-state index is 11.0. The Morgan fingerprint density at radius 1 is 1.33 bits per heavy atom. The molecular formula is C15H21NO2. The molecule has 0 aliphatic heterocycles. The van der Waals surface area contributed by atoms with Crippen LogP contribution in [0.1, 0.15) is 24.8 Å². The van der Waals surface area contributed by atoms with Gasteiger partial charge in [0.25, 0.3) is 0 Å². The molecule has 3 heteroatoms. The summed E-state index contributed by atoms with van der Waals surface area (Å²) in [5.74, 6) is -0.357. The maximum absolute atomic E-state index is 11.0. The summed E-state index contributed by atoms with van der Waals surface area (Å²) < 4.78 is 4.55. The third kappa shape index (κ3) is 5.64. The fraction of sp³-hybridized carbons (Fsp3) is 0.400. The van der Waals surface area contributed by atoms with E-state index in [1.807, 2.05) is 12.1 Å². The fourth-order valence-electron chi connectivity index (χ4n) is 1.68. The van der Waals surface area contributed by atoms with E-state index in [1.54, 1.807) is 0 Å². The van der Waals surface area contributed by atoms with Gasteiger partial charge in [-0.15, -0.1) is 0 Å². The van der Waals surface area contributed by atoms with Crippen molar-refractivity contribution in [2.45, 2.75) is 31.7 Å². The third-order valence-electron chi connectivity index (χ3n) is 2.74. The van der Waals surface area contributed by atoms with Crippen LogP contribution < -0.4 is 5.73 Å². The minimum atomic E-state index is -0.541. The average molecular weight is 247 g/mol. The number of unbranched alkanes of at least 4 members (excludes halogenated alkanes) is 1. The van der Waals surface area contributed by atoms with Gasteiger partial charge in [-0.1, -0.05) is 42.5 Å². The van der Waals surface area contributed by atoms with E-state index in [0.717, 1.165) is 19.3 Å². The molecule has 3 nitrogen and oxygen atoms in total. The lowest BCUT2D eigenvalue weighted by atomic mass is 10.1. The second kappa shape index (κ2) is 8.48. The van der Waals surface area contributed by atoms with Gasteiger partial charge < -0.3 is 10.5 Å². The van der Waals surface area contributed by atoms with E-state index in [0.29, 0.717) is 6.42 Å². The number of ether oxygens (including phenoxy) is 1. The molecule has 0 saturated heterocycles. The Labute approximate surface area is 109 Å². The van der Waals surface area contributed by atoms with Gasteiger partial charge in [-0.25, -0.2) is 0 Å². The van der Waals surface area contributed by atoms with E-state index in [-0.39, 0.29) is 5.97 Å². The first kappa shape index (κ1) is 14.5. The molecule has 0 saturated carbocycles. The molecule has 0 aromatic heterocycles. The highest BCUT2D eigenvalue weighted by Gasteiger charge is 2.10. The number of rotatable bonds is 7. The molecular weight excluding hydrogens is 226 g/mol. The molecule has 0 spiro atoms. The number of hydrogen-bond donors (Lipinski definition) is 1. The maximum Gasteiger partial charge on any atom is 0.322 e. The van der Waals surface area contributed by atoms with Gasteiger partial charge in [-0.05, 0) is 31.2 Å².